The van der Waals surface area contributed by atoms with Gasteiger partial charge in [0.05, 0.1) is 0 Å². The lowest BCUT2D eigenvalue weighted by atomic mass is 10.0. The lowest BCUT2D eigenvalue weighted by Crippen LogP contribution is -2.45. The first kappa shape index (κ1) is 21.1. The maximum absolute atomic E-state index is 13.1. The number of carbonyl (C=O) groups is 1. The van der Waals surface area contributed by atoms with Crippen molar-refractivity contribution in [3.8, 4) is 0 Å². The Kier molecular flexibility index (Phi) is 6.32. The summed E-state index contributed by atoms with van der Waals surface area (Å²) in [5.74, 6) is 0.906. The summed E-state index contributed by atoms with van der Waals surface area (Å²) in [6, 6.07) is 15.0. The van der Waals surface area contributed by atoms with E-state index in [0.717, 1.165) is 37.3 Å². The normalized spacial score (nSPS) is 14.4. The number of aromatic nitrogens is 2. The molecule has 160 valence electrons. The van der Waals surface area contributed by atoms with Crippen molar-refractivity contribution >= 4 is 35.0 Å². The summed E-state index contributed by atoms with van der Waals surface area (Å²) in [5.41, 5.74) is 2.16. The van der Waals surface area contributed by atoms with E-state index in [0.29, 0.717) is 22.4 Å². The van der Waals surface area contributed by atoms with E-state index in [4.69, 9.17) is 11.6 Å². The molecule has 2 N–H and O–H groups in total. The molecule has 0 unspecified atom stereocenters. The van der Waals surface area contributed by atoms with Crippen LogP contribution in [0.4, 0.5) is 21.8 Å². The Labute approximate surface area is 185 Å². The van der Waals surface area contributed by atoms with E-state index in [1.54, 1.807) is 36.4 Å². The summed E-state index contributed by atoms with van der Waals surface area (Å²) in [5, 5.41) is 6.83. The fourth-order valence-corrected chi connectivity index (χ4v) is 3.75. The van der Waals surface area contributed by atoms with Gasteiger partial charge in [-0.3, -0.25) is 4.79 Å². The van der Waals surface area contributed by atoms with E-state index < -0.39 is 0 Å². The van der Waals surface area contributed by atoms with Crippen LogP contribution in [0.1, 0.15) is 28.9 Å². The smallest absolute Gasteiger partial charge is 0.251 e. The van der Waals surface area contributed by atoms with Gasteiger partial charge in [-0.25, -0.2) is 9.37 Å². The topological polar surface area (TPSA) is 70.2 Å². The Morgan fingerprint density at radius 2 is 1.84 bits per heavy atom. The molecule has 31 heavy (non-hydrogen) atoms. The van der Waals surface area contributed by atoms with Crippen LogP contribution in [-0.4, -0.2) is 35.0 Å². The number of benzene rings is 2. The standard InChI is InChI=1S/C23H23ClFN5O/c1-15-13-21(27-19-7-5-18(25)6-8-19)29-23(26-15)30-11-9-20(10-12-30)28-22(31)16-3-2-4-17(24)14-16/h2-8,13-14,20H,9-12H2,1H3,(H,28,31)(H,26,27,29). The molecule has 2 heterocycles. The van der Waals surface area contributed by atoms with Crippen molar-refractivity contribution in [3.63, 3.8) is 0 Å². The lowest BCUT2D eigenvalue weighted by molar-refractivity contribution is 0.0931. The summed E-state index contributed by atoms with van der Waals surface area (Å²) >= 11 is 5.98. The minimum atomic E-state index is -0.282. The second-order valence-corrected chi connectivity index (χ2v) is 8.01. The van der Waals surface area contributed by atoms with Gasteiger partial charge in [0, 0.05) is 47.2 Å². The van der Waals surface area contributed by atoms with Crippen molar-refractivity contribution in [2.45, 2.75) is 25.8 Å². The number of nitrogens with zero attached hydrogens (tertiary/aromatic N) is 3. The van der Waals surface area contributed by atoms with E-state index in [-0.39, 0.29) is 17.8 Å². The minimum absolute atomic E-state index is 0.0874. The molecule has 1 fully saturated rings. The molecule has 1 aliphatic rings. The van der Waals surface area contributed by atoms with E-state index in [2.05, 4.69) is 25.5 Å². The van der Waals surface area contributed by atoms with Crippen molar-refractivity contribution in [2.24, 2.45) is 0 Å². The van der Waals surface area contributed by atoms with E-state index in [1.165, 1.54) is 12.1 Å². The van der Waals surface area contributed by atoms with Gasteiger partial charge >= 0.3 is 0 Å². The Morgan fingerprint density at radius 3 is 2.55 bits per heavy atom. The second-order valence-electron chi connectivity index (χ2n) is 7.57. The molecule has 6 nitrogen and oxygen atoms in total. The van der Waals surface area contributed by atoms with Crippen molar-refractivity contribution in [1.82, 2.24) is 15.3 Å². The number of nitrogens with one attached hydrogen (secondary N) is 2. The lowest BCUT2D eigenvalue weighted by Gasteiger charge is -2.32. The Balaban J connectivity index is 1.37. The monoisotopic (exact) mass is 439 g/mol. The van der Waals surface area contributed by atoms with Crippen molar-refractivity contribution < 1.29 is 9.18 Å². The zero-order valence-corrected chi connectivity index (χ0v) is 17.9. The van der Waals surface area contributed by atoms with E-state index >= 15 is 0 Å². The highest BCUT2D eigenvalue weighted by atomic mass is 35.5. The molecule has 0 spiro atoms. The van der Waals surface area contributed by atoms with Gasteiger partial charge in [0.2, 0.25) is 5.95 Å². The summed E-state index contributed by atoms with van der Waals surface area (Å²) in [7, 11) is 0. The molecule has 0 radical (unpaired) electrons. The number of amides is 1. The highest BCUT2D eigenvalue weighted by Gasteiger charge is 2.23. The van der Waals surface area contributed by atoms with Crippen LogP contribution >= 0.6 is 11.6 Å². The molecule has 0 atom stereocenters. The van der Waals surface area contributed by atoms with Gasteiger partial charge in [0.25, 0.3) is 5.91 Å². The zero-order chi connectivity index (χ0) is 21.8. The molecule has 3 aromatic rings. The first-order valence-electron chi connectivity index (χ1n) is 10.2. The van der Waals surface area contributed by atoms with Crippen molar-refractivity contribution in [3.05, 3.63) is 76.7 Å². The summed E-state index contributed by atoms with van der Waals surface area (Å²) in [6.07, 6.45) is 1.59. The predicted octanol–water partition coefficient (Wildman–Crippen LogP) is 4.72. The first-order valence-corrected chi connectivity index (χ1v) is 10.5. The van der Waals surface area contributed by atoms with Crippen molar-refractivity contribution in [2.75, 3.05) is 23.3 Å². The van der Waals surface area contributed by atoms with Gasteiger partial charge < -0.3 is 15.5 Å². The van der Waals surface area contributed by atoms with Gasteiger partial charge in [-0.2, -0.15) is 4.98 Å². The third-order valence-electron chi connectivity index (χ3n) is 5.16. The fourth-order valence-electron chi connectivity index (χ4n) is 3.56. The number of piperidine rings is 1. The molecule has 1 saturated heterocycles. The third-order valence-corrected chi connectivity index (χ3v) is 5.39. The van der Waals surface area contributed by atoms with Gasteiger partial charge in [0.1, 0.15) is 11.6 Å². The number of aryl methyl sites for hydroxylation is 1. The van der Waals surface area contributed by atoms with Crippen molar-refractivity contribution in [1.29, 1.82) is 0 Å². The largest absolute Gasteiger partial charge is 0.349 e. The van der Waals surface area contributed by atoms with Crippen LogP contribution in [-0.2, 0) is 0 Å². The van der Waals surface area contributed by atoms with Gasteiger partial charge in [-0.1, -0.05) is 17.7 Å². The highest BCUT2D eigenvalue weighted by molar-refractivity contribution is 6.30. The number of rotatable bonds is 5. The van der Waals surface area contributed by atoms with E-state index in [9.17, 15) is 9.18 Å². The average molecular weight is 440 g/mol. The molecule has 4 rings (SSSR count). The highest BCUT2D eigenvalue weighted by Crippen LogP contribution is 2.22. The molecule has 1 aromatic heterocycles. The summed E-state index contributed by atoms with van der Waals surface area (Å²) in [6.45, 7) is 3.39. The minimum Gasteiger partial charge on any atom is -0.349 e. The van der Waals surface area contributed by atoms with Crippen LogP contribution < -0.4 is 15.5 Å². The number of carbonyl (C=O) groups excluding carboxylic acids is 1. The average Bonchev–Trinajstić information content (AvgIpc) is 2.75. The van der Waals surface area contributed by atoms with Gasteiger partial charge in [-0.05, 0) is 62.2 Å². The summed E-state index contributed by atoms with van der Waals surface area (Å²) in [4.78, 5) is 23.8. The maximum atomic E-state index is 13.1. The van der Waals surface area contributed by atoms with E-state index in [1.807, 2.05) is 13.0 Å². The van der Waals surface area contributed by atoms with Crippen LogP contribution in [0.3, 0.4) is 0 Å². The number of halogens is 2. The van der Waals surface area contributed by atoms with Gasteiger partial charge in [0.15, 0.2) is 0 Å². The van der Waals surface area contributed by atoms with Crippen LogP contribution in [0.15, 0.2) is 54.6 Å². The molecule has 1 aliphatic heterocycles. The first-order chi connectivity index (χ1) is 15.0. The Bertz CT molecular complexity index is 1070. The molecule has 0 bridgehead atoms. The molecule has 1 amide bonds. The molecule has 0 aliphatic carbocycles. The number of hydrogen-bond acceptors (Lipinski definition) is 5. The number of hydrogen-bond donors (Lipinski definition) is 2. The molecule has 8 heteroatoms. The SMILES string of the molecule is Cc1cc(Nc2ccc(F)cc2)nc(N2CCC(NC(=O)c3cccc(Cl)c3)CC2)n1. The Hall–Kier alpha value is -3.19. The summed E-state index contributed by atoms with van der Waals surface area (Å²) < 4.78 is 13.1. The quantitative estimate of drug-likeness (QED) is 0.602. The predicted molar refractivity (Wildman–Crippen MR) is 121 cm³/mol. The Morgan fingerprint density at radius 1 is 1.10 bits per heavy atom. The molecule has 0 saturated carbocycles. The maximum Gasteiger partial charge on any atom is 0.251 e. The second kappa shape index (κ2) is 9.31. The van der Waals surface area contributed by atoms with Crippen LogP contribution in [0.5, 0.6) is 0 Å². The van der Waals surface area contributed by atoms with Crippen LogP contribution in [0, 0.1) is 12.7 Å². The molecular formula is C23H23ClFN5O. The molecular weight excluding hydrogens is 417 g/mol. The van der Waals surface area contributed by atoms with Crippen LogP contribution in [0.2, 0.25) is 5.02 Å². The van der Waals surface area contributed by atoms with Crippen LogP contribution in [0.25, 0.3) is 0 Å². The van der Waals surface area contributed by atoms with Gasteiger partial charge in [-0.15, -0.1) is 0 Å². The third kappa shape index (κ3) is 5.49. The number of anilines is 3. The zero-order valence-electron chi connectivity index (χ0n) is 17.1. The molecule has 2 aromatic carbocycles. The fraction of sp³-hybridized carbons (Fsp3) is 0.261.